The first kappa shape index (κ1) is 40.6. The molecule has 3 unspecified atom stereocenters. The van der Waals surface area contributed by atoms with E-state index in [2.05, 4.69) is 91.1 Å². The van der Waals surface area contributed by atoms with Crippen LogP contribution in [0.2, 0.25) is 0 Å². The van der Waals surface area contributed by atoms with E-state index in [0.29, 0.717) is 44.0 Å². The zero-order valence-electron chi connectivity index (χ0n) is 34.5. The van der Waals surface area contributed by atoms with Gasteiger partial charge in [0.1, 0.15) is 17.9 Å². The molecule has 1 saturated carbocycles. The van der Waals surface area contributed by atoms with Crippen molar-refractivity contribution in [2.75, 3.05) is 74.0 Å². The molecule has 4 saturated heterocycles. The van der Waals surface area contributed by atoms with E-state index in [1.54, 1.807) is 6.20 Å². The Morgan fingerprint density at radius 2 is 1.58 bits per heavy atom. The van der Waals surface area contributed by atoms with Crippen LogP contribution >= 0.6 is 0 Å². The van der Waals surface area contributed by atoms with Gasteiger partial charge in [0.25, 0.3) is 6.47 Å². The highest BCUT2D eigenvalue weighted by atomic mass is 16.3. The summed E-state index contributed by atoms with van der Waals surface area (Å²) in [6, 6.07) is 25.2. The molecule has 15 nitrogen and oxygen atoms in total. The van der Waals surface area contributed by atoms with Crippen LogP contribution in [0.1, 0.15) is 49.1 Å². The molecule has 4 aliphatic heterocycles. The lowest BCUT2D eigenvalue weighted by Crippen LogP contribution is -2.51. The fourth-order valence-corrected chi connectivity index (χ4v) is 9.58. The number of hydrogen-bond donors (Lipinski definition) is 3. The van der Waals surface area contributed by atoms with Crippen LogP contribution in [0.5, 0.6) is 0 Å². The summed E-state index contributed by atoms with van der Waals surface area (Å²) in [5.74, 6) is 2.84. The van der Waals surface area contributed by atoms with E-state index in [-0.39, 0.29) is 24.2 Å². The molecule has 0 bridgehead atoms. The van der Waals surface area contributed by atoms with E-state index < -0.39 is 6.04 Å². The number of piperidine rings is 3. The molecule has 3 N–H and O–H groups in total. The van der Waals surface area contributed by atoms with Gasteiger partial charge >= 0.3 is 0 Å². The largest absolute Gasteiger partial charge is 0.483 e. The van der Waals surface area contributed by atoms with Gasteiger partial charge < -0.3 is 25.1 Å². The highest BCUT2D eigenvalue weighted by Gasteiger charge is 2.45. The number of piperazine rings is 1. The topological polar surface area (TPSA) is 180 Å². The number of nitriles is 1. The standard InChI is InChI=1S/C46H48N10O3.CH2O2/c47-23-37-25-49-56-28-36(22-40(45(37)56)33-5-11-42(48-24-33)55-26-34-21-35(34)27-55)31-3-8-39(9-4-31)53-17-19-54(20-18-53)44(58)29-52-15-13-32(14-16-52)30-1-6-38(7-2-30)50-41-10-12-43(57)51-46(41)59;2-1-3/h1-9,11,22,24-25,28,32,34-35,41,50H,10,12-21,26-27,29H2,(H,51,57,59);1H,(H,2,3). The predicted molar refractivity (Wildman–Crippen MR) is 235 cm³/mol. The Hall–Kier alpha value is -6.79. The van der Waals surface area contributed by atoms with Gasteiger partial charge in [-0.05, 0) is 110 Å². The minimum atomic E-state index is -0.391. The van der Waals surface area contributed by atoms with E-state index in [9.17, 15) is 19.6 Å². The number of anilines is 3. The first-order valence-corrected chi connectivity index (χ1v) is 21.5. The van der Waals surface area contributed by atoms with E-state index in [1.807, 2.05) is 33.9 Å². The van der Waals surface area contributed by atoms with Crippen LogP contribution in [0.15, 0.2) is 85.3 Å². The van der Waals surface area contributed by atoms with E-state index in [4.69, 9.17) is 14.9 Å². The Kier molecular flexibility index (Phi) is 11.6. The quantitative estimate of drug-likeness (QED) is 0.136. The normalized spacial score (nSPS) is 21.4. The van der Waals surface area contributed by atoms with Gasteiger partial charge in [-0.1, -0.05) is 24.3 Å². The van der Waals surface area contributed by atoms with Gasteiger partial charge in [0.15, 0.2) is 0 Å². The lowest BCUT2D eigenvalue weighted by molar-refractivity contribution is -0.134. The lowest BCUT2D eigenvalue weighted by Gasteiger charge is -2.38. The molecule has 1 aliphatic carbocycles. The van der Waals surface area contributed by atoms with Crippen LogP contribution in [0.4, 0.5) is 17.2 Å². The number of carboxylic acid groups (broad SMARTS) is 1. The number of carbonyl (C=O) groups excluding carboxylic acids is 3. The summed E-state index contributed by atoms with van der Waals surface area (Å²) >= 11 is 0. The summed E-state index contributed by atoms with van der Waals surface area (Å²) in [5, 5.41) is 27.0. The molecule has 3 aromatic heterocycles. The number of amides is 3. The monoisotopic (exact) mass is 834 g/mol. The molecule has 3 atom stereocenters. The number of benzene rings is 2. The Labute approximate surface area is 359 Å². The Morgan fingerprint density at radius 3 is 2.24 bits per heavy atom. The Balaban J connectivity index is 0.00000159. The predicted octanol–water partition coefficient (Wildman–Crippen LogP) is 4.84. The van der Waals surface area contributed by atoms with Crippen LogP contribution in [-0.4, -0.2) is 119 Å². The second kappa shape index (κ2) is 17.7. The van der Waals surface area contributed by atoms with Crippen molar-refractivity contribution in [2.24, 2.45) is 11.8 Å². The number of imide groups is 1. The SMILES string of the molecule is N#Cc1cnn2cc(-c3ccc(N4CCN(C(=O)CN5CCC(c6ccc(NC7CCC(=O)NC7=O)cc6)CC5)CC4)cc3)cc(-c3ccc(N4CC5CC5C4)nc3)c12.O=CO. The number of carbonyl (C=O) groups is 4. The van der Waals surface area contributed by atoms with Crippen molar-refractivity contribution in [1.29, 1.82) is 5.26 Å². The van der Waals surface area contributed by atoms with Gasteiger partial charge in [-0.15, -0.1) is 0 Å². The summed E-state index contributed by atoms with van der Waals surface area (Å²) in [6.45, 7) is 7.12. The van der Waals surface area contributed by atoms with Crippen LogP contribution in [0, 0.1) is 23.2 Å². The molecule has 7 heterocycles. The van der Waals surface area contributed by atoms with Crippen LogP contribution in [0.25, 0.3) is 27.8 Å². The van der Waals surface area contributed by atoms with Gasteiger partial charge in [-0.3, -0.25) is 29.4 Å². The number of nitrogens with one attached hydrogen (secondary N) is 2. The molecule has 5 fully saturated rings. The van der Waals surface area contributed by atoms with E-state index in [0.717, 1.165) is 109 Å². The van der Waals surface area contributed by atoms with Gasteiger partial charge in [0, 0.05) is 86.1 Å². The third-order valence-electron chi connectivity index (χ3n) is 13.2. The lowest BCUT2D eigenvalue weighted by atomic mass is 9.89. The molecule has 3 amide bonds. The van der Waals surface area contributed by atoms with Gasteiger partial charge in [0.2, 0.25) is 17.7 Å². The molecular weight excluding hydrogens is 785 g/mol. The van der Waals surface area contributed by atoms with Crippen molar-refractivity contribution in [2.45, 2.75) is 44.1 Å². The third-order valence-corrected chi connectivity index (χ3v) is 13.2. The Morgan fingerprint density at radius 1 is 0.871 bits per heavy atom. The highest BCUT2D eigenvalue weighted by Crippen LogP contribution is 2.46. The molecule has 318 valence electrons. The zero-order valence-corrected chi connectivity index (χ0v) is 34.5. The number of likely N-dealkylation sites (tertiary alicyclic amines) is 1. The molecule has 0 radical (unpaired) electrons. The number of hydrogen-bond acceptors (Lipinski definition) is 11. The summed E-state index contributed by atoms with van der Waals surface area (Å²) in [4.78, 5) is 59.3. The average molecular weight is 835 g/mol. The van der Waals surface area contributed by atoms with Crippen molar-refractivity contribution in [3.63, 3.8) is 0 Å². The Bertz CT molecular complexity index is 2470. The maximum Gasteiger partial charge on any atom is 0.290 e. The fourth-order valence-electron chi connectivity index (χ4n) is 9.58. The first-order valence-electron chi connectivity index (χ1n) is 21.5. The molecule has 2 aromatic carbocycles. The van der Waals surface area contributed by atoms with Gasteiger partial charge in [-0.2, -0.15) is 10.4 Å². The smallest absolute Gasteiger partial charge is 0.290 e. The van der Waals surface area contributed by atoms with Gasteiger partial charge in [0.05, 0.1) is 23.8 Å². The summed E-state index contributed by atoms with van der Waals surface area (Å²) in [6.07, 6.45) is 9.75. The summed E-state index contributed by atoms with van der Waals surface area (Å²) < 4.78 is 1.81. The zero-order chi connectivity index (χ0) is 42.7. The van der Waals surface area contributed by atoms with Crippen molar-refractivity contribution in [3.05, 3.63) is 96.4 Å². The fraction of sp³-hybridized carbons (Fsp3) is 0.383. The van der Waals surface area contributed by atoms with E-state index in [1.165, 1.54) is 12.0 Å². The maximum atomic E-state index is 13.4. The molecule has 10 rings (SSSR count). The van der Waals surface area contributed by atoms with Crippen molar-refractivity contribution >= 4 is 46.9 Å². The average Bonchev–Trinajstić information content (AvgIpc) is 3.68. The van der Waals surface area contributed by atoms with Crippen molar-refractivity contribution in [3.8, 4) is 28.3 Å². The van der Waals surface area contributed by atoms with Crippen LogP contribution < -0.4 is 20.4 Å². The highest BCUT2D eigenvalue weighted by molar-refractivity contribution is 6.01. The number of rotatable bonds is 9. The number of pyridine rings is 2. The first-order chi connectivity index (χ1) is 30.3. The number of fused-ring (bicyclic) bond motifs is 2. The van der Waals surface area contributed by atoms with Crippen LogP contribution in [0.3, 0.4) is 0 Å². The second-order valence-corrected chi connectivity index (χ2v) is 17.0. The third kappa shape index (κ3) is 8.69. The maximum absolute atomic E-state index is 13.4. The molecule has 0 spiro atoms. The summed E-state index contributed by atoms with van der Waals surface area (Å²) in [5.41, 5.74) is 8.56. The minimum Gasteiger partial charge on any atom is -0.483 e. The van der Waals surface area contributed by atoms with Crippen LogP contribution in [-0.2, 0) is 19.2 Å². The molecule has 5 aliphatic rings. The molecule has 5 aromatic rings. The molecule has 62 heavy (non-hydrogen) atoms. The molecular formula is C47H50N10O5. The van der Waals surface area contributed by atoms with E-state index >= 15 is 0 Å². The minimum absolute atomic E-state index is 0.198. The molecule has 15 heteroatoms. The van der Waals surface area contributed by atoms with Crippen molar-refractivity contribution < 1.29 is 24.3 Å². The number of aromatic nitrogens is 3. The second-order valence-electron chi connectivity index (χ2n) is 17.0. The number of nitrogens with zero attached hydrogens (tertiary/aromatic N) is 8. The van der Waals surface area contributed by atoms with Gasteiger partial charge in [-0.25, -0.2) is 9.50 Å². The summed E-state index contributed by atoms with van der Waals surface area (Å²) in [7, 11) is 0. The van der Waals surface area contributed by atoms with Crippen molar-refractivity contribution in [1.82, 2.24) is 29.7 Å².